The summed E-state index contributed by atoms with van der Waals surface area (Å²) in [4.78, 5) is 11.8. The van der Waals surface area contributed by atoms with Crippen LogP contribution in [-0.4, -0.2) is 5.78 Å². The van der Waals surface area contributed by atoms with E-state index < -0.39 is 0 Å². The highest BCUT2D eigenvalue weighted by Crippen LogP contribution is 2.13. The van der Waals surface area contributed by atoms with Crippen molar-refractivity contribution in [2.75, 3.05) is 0 Å². The van der Waals surface area contributed by atoms with Gasteiger partial charge in [-0.2, -0.15) is 0 Å². The monoisotopic (exact) mass is 240 g/mol. The number of allylic oxidation sites excluding steroid dienone is 1. The van der Waals surface area contributed by atoms with Gasteiger partial charge in [0.2, 0.25) is 5.78 Å². The third-order valence-electron chi connectivity index (χ3n) is 2.82. The van der Waals surface area contributed by atoms with Crippen molar-refractivity contribution in [2.24, 2.45) is 0 Å². The summed E-state index contributed by atoms with van der Waals surface area (Å²) in [6.45, 7) is 5.91. The quantitative estimate of drug-likeness (QED) is 0.597. The molecular formula is C16H16O2. The van der Waals surface area contributed by atoms with Gasteiger partial charge in [-0.1, -0.05) is 29.8 Å². The van der Waals surface area contributed by atoms with Crippen LogP contribution >= 0.6 is 0 Å². The molecule has 0 aliphatic carbocycles. The Morgan fingerprint density at radius 2 is 1.89 bits per heavy atom. The zero-order valence-corrected chi connectivity index (χ0v) is 10.9. The highest BCUT2D eigenvalue weighted by molar-refractivity contribution is 6.04. The molecule has 0 fully saturated rings. The van der Waals surface area contributed by atoms with Crippen LogP contribution in [0.15, 0.2) is 40.8 Å². The second-order valence-electron chi connectivity index (χ2n) is 4.47. The van der Waals surface area contributed by atoms with E-state index in [1.807, 2.05) is 32.1 Å². The molecule has 2 heteroatoms. The maximum atomic E-state index is 11.8. The molecule has 0 radical (unpaired) electrons. The fraction of sp³-hybridized carbons (Fsp3) is 0.188. The van der Waals surface area contributed by atoms with E-state index in [1.165, 1.54) is 5.56 Å². The number of carbonyl (C=O) groups excluding carboxylic acids is 1. The van der Waals surface area contributed by atoms with Gasteiger partial charge in [-0.25, -0.2) is 0 Å². The van der Waals surface area contributed by atoms with E-state index in [4.69, 9.17) is 4.42 Å². The number of carbonyl (C=O) groups is 1. The maximum Gasteiger partial charge on any atom is 0.221 e. The molecule has 0 saturated heterocycles. The van der Waals surface area contributed by atoms with Gasteiger partial charge < -0.3 is 4.42 Å². The molecule has 0 atom stereocenters. The van der Waals surface area contributed by atoms with E-state index >= 15 is 0 Å². The predicted octanol–water partition coefficient (Wildman–Crippen LogP) is 4.10. The Bertz CT molecular complexity index is 603. The molecule has 1 aromatic heterocycles. The molecule has 0 amide bonds. The summed E-state index contributed by atoms with van der Waals surface area (Å²) >= 11 is 0. The number of benzene rings is 1. The average molecular weight is 240 g/mol. The Balaban J connectivity index is 2.18. The Kier molecular flexibility index (Phi) is 3.47. The third kappa shape index (κ3) is 2.77. The van der Waals surface area contributed by atoms with Crippen LogP contribution in [0.3, 0.4) is 0 Å². The summed E-state index contributed by atoms with van der Waals surface area (Å²) < 4.78 is 5.28. The molecule has 18 heavy (non-hydrogen) atoms. The van der Waals surface area contributed by atoms with Gasteiger partial charge in [-0.15, -0.1) is 0 Å². The predicted molar refractivity (Wildman–Crippen MR) is 72.7 cm³/mol. The fourth-order valence-electron chi connectivity index (χ4n) is 1.83. The zero-order chi connectivity index (χ0) is 13.1. The summed E-state index contributed by atoms with van der Waals surface area (Å²) in [5, 5.41) is 0. The number of rotatable bonds is 3. The van der Waals surface area contributed by atoms with Gasteiger partial charge in [0.05, 0.1) is 0 Å². The zero-order valence-electron chi connectivity index (χ0n) is 10.9. The Labute approximate surface area is 107 Å². The largest absolute Gasteiger partial charge is 0.458 e. The van der Waals surface area contributed by atoms with Gasteiger partial charge in [0.15, 0.2) is 5.76 Å². The Morgan fingerprint density at radius 1 is 1.11 bits per heavy atom. The van der Waals surface area contributed by atoms with Gasteiger partial charge in [0.1, 0.15) is 5.76 Å². The molecule has 2 rings (SSSR count). The first-order chi connectivity index (χ1) is 8.56. The van der Waals surface area contributed by atoms with Crippen LogP contribution < -0.4 is 0 Å². The van der Waals surface area contributed by atoms with Crippen LogP contribution in [0.5, 0.6) is 0 Å². The minimum Gasteiger partial charge on any atom is -0.458 e. The van der Waals surface area contributed by atoms with Crippen LogP contribution in [0, 0.1) is 20.8 Å². The van der Waals surface area contributed by atoms with Crippen molar-refractivity contribution in [3.8, 4) is 0 Å². The summed E-state index contributed by atoms with van der Waals surface area (Å²) in [6, 6.07) is 9.64. The number of hydrogen-bond donors (Lipinski definition) is 0. The van der Waals surface area contributed by atoms with Gasteiger partial charge in [0, 0.05) is 0 Å². The lowest BCUT2D eigenvalue weighted by Gasteiger charge is -2.01. The first-order valence-corrected chi connectivity index (χ1v) is 5.92. The molecular weight excluding hydrogens is 224 g/mol. The molecule has 0 N–H and O–H groups in total. The second-order valence-corrected chi connectivity index (χ2v) is 4.47. The number of aryl methyl sites for hydroxylation is 3. The van der Waals surface area contributed by atoms with Crippen LogP contribution in [0.25, 0.3) is 6.08 Å². The van der Waals surface area contributed by atoms with Gasteiger partial charge in [-0.05, 0) is 50.1 Å². The average Bonchev–Trinajstić information content (AvgIpc) is 2.74. The van der Waals surface area contributed by atoms with E-state index in [9.17, 15) is 4.79 Å². The van der Waals surface area contributed by atoms with Crippen molar-refractivity contribution < 1.29 is 9.21 Å². The fourth-order valence-corrected chi connectivity index (χ4v) is 1.83. The first kappa shape index (κ1) is 12.4. The number of furan rings is 1. The standard InChI is InChI=1S/C16H16O2/c1-11-4-6-14(12(2)10-11)7-8-15(17)16-9-5-13(3)18-16/h4-10H,1-3H3/b8-7+. The molecule has 92 valence electrons. The van der Waals surface area contributed by atoms with E-state index in [2.05, 4.69) is 13.0 Å². The summed E-state index contributed by atoms with van der Waals surface area (Å²) in [5.74, 6) is 1.02. The molecule has 0 saturated carbocycles. The summed E-state index contributed by atoms with van der Waals surface area (Å²) in [6.07, 6.45) is 3.38. The molecule has 0 spiro atoms. The van der Waals surface area contributed by atoms with Crippen molar-refractivity contribution in [1.29, 1.82) is 0 Å². The summed E-state index contributed by atoms with van der Waals surface area (Å²) in [5.41, 5.74) is 3.43. The normalized spacial score (nSPS) is 11.1. The molecule has 0 unspecified atom stereocenters. The minimum atomic E-state index is -0.108. The first-order valence-electron chi connectivity index (χ1n) is 5.92. The van der Waals surface area contributed by atoms with E-state index in [0.29, 0.717) is 5.76 Å². The topological polar surface area (TPSA) is 30.2 Å². The van der Waals surface area contributed by atoms with E-state index in [-0.39, 0.29) is 5.78 Å². The number of hydrogen-bond acceptors (Lipinski definition) is 2. The van der Waals surface area contributed by atoms with Crippen molar-refractivity contribution >= 4 is 11.9 Å². The van der Waals surface area contributed by atoms with Gasteiger partial charge >= 0.3 is 0 Å². The summed E-state index contributed by atoms with van der Waals surface area (Å²) in [7, 11) is 0. The van der Waals surface area contributed by atoms with Crippen LogP contribution in [0.1, 0.15) is 33.0 Å². The van der Waals surface area contributed by atoms with Crippen LogP contribution in [-0.2, 0) is 0 Å². The lowest BCUT2D eigenvalue weighted by molar-refractivity contribution is 0.102. The van der Waals surface area contributed by atoms with Gasteiger partial charge in [0.25, 0.3) is 0 Å². The molecule has 1 heterocycles. The van der Waals surface area contributed by atoms with Crippen molar-refractivity contribution in [1.82, 2.24) is 0 Å². The third-order valence-corrected chi connectivity index (χ3v) is 2.82. The Hall–Kier alpha value is -2.09. The van der Waals surface area contributed by atoms with Crippen LogP contribution in [0.4, 0.5) is 0 Å². The molecule has 0 bridgehead atoms. The SMILES string of the molecule is Cc1ccc(/C=C/C(=O)c2ccc(C)o2)c(C)c1. The molecule has 1 aromatic carbocycles. The minimum absolute atomic E-state index is 0.108. The van der Waals surface area contributed by atoms with E-state index in [0.717, 1.165) is 16.9 Å². The molecule has 0 aliphatic heterocycles. The van der Waals surface area contributed by atoms with Crippen molar-refractivity contribution in [3.05, 3.63) is 64.6 Å². The molecule has 2 aromatic rings. The van der Waals surface area contributed by atoms with Crippen molar-refractivity contribution in [2.45, 2.75) is 20.8 Å². The molecule has 0 aliphatic rings. The van der Waals surface area contributed by atoms with Crippen LogP contribution in [0.2, 0.25) is 0 Å². The smallest absolute Gasteiger partial charge is 0.221 e. The second kappa shape index (κ2) is 5.05. The highest BCUT2D eigenvalue weighted by Gasteiger charge is 2.06. The van der Waals surface area contributed by atoms with Gasteiger partial charge in [-0.3, -0.25) is 4.79 Å². The lowest BCUT2D eigenvalue weighted by atomic mass is 10.0. The van der Waals surface area contributed by atoms with Crippen molar-refractivity contribution in [3.63, 3.8) is 0 Å². The number of ketones is 1. The lowest BCUT2D eigenvalue weighted by Crippen LogP contribution is -1.91. The van der Waals surface area contributed by atoms with E-state index in [1.54, 1.807) is 18.2 Å². The highest BCUT2D eigenvalue weighted by atomic mass is 16.3. The maximum absolute atomic E-state index is 11.8. The molecule has 2 nitrogen and oxygen atoms in total. The Morgan fingerprint density at radius 3 is 2.50 bits per heavy atom.